The fraction of sp³-hybridized carbons (Fsp3) is 0.650. The van der Waals surface area contributed by atoms with E-state index in [2.05, 4.69) is 10.3 Å². The lowest BCUT2D eigenvalue weighted by Crippen LogP contribution is -2.57. The summed E-state index contributed by atoms with van der Waals surface area (Å²) in [5.41, 5.74) is 0.482. The van der Waals surface area contributed by atoms with Gasteiger partial charge in [-0.3, -0.25) is 14.6 Å². The van der Waals surface area contributed by atoms with Gasteiger partial charge in [-0.1, -0.05) is 6.92 Å². The maximum absolute atomic E-state index is 13.1. The Hall–Kier alpha value is -2.03. The van der Waals surface area contributed by atoms with Crippen molar-refractivity contribution in [3.8, 4) is 0 Å². The standard InChI is InChI=1S/C20H29N3O5/c1-2-7-22-19(25)9-16-5-6-17-18(28-16)13-27-12-15(24)11-23(17)20(26)14-4-3-8-21-10-14/h3-4,8,10,15-18,24H,2,5-7,9,11-13H2,1H3,(H,22,25)/t15-,16-,17-,18+/m1/s1. The highest BCUT2D eigenvalue weighted by Gasteiger charge is 2.40. The number of nitrogens with one attached hydrogen (secondary N) is 1. The minimum atomic E-state index is -0.751. The SMILES string of the molecule is CCCNC(=O)C[C@H]1CC[C@@H]2[C@H](COC[C@H](O)CN2C(=O)c2cccnc2)O1. The van der Waals surface area contributed by atoms with Crippen LogP contribution in [-0.2, 0) is 14.3 Å². The number of hydrogen-bond acceptors (Lipinski definition) is 6. The lowest BCUT2D eigenvalue weighted by Gasteiger charge is -2.44. The molecule has 1 aromatic rings. The monoisotopic (exact) mass is 391 g/mol. The first kappa shape index (κ1) is 20.7. The van der Waals surface area contributed by atoms with Gasteiger partial charge < -0.3 is 24.8 Å². The second kappa shape index (κ2) is 9.95. The molecule has 3 rings (SSSR count). The number of hydrogen-bond donors (Lipinski definition) is 2. The molecule has 2 saturated heterocycles. The molecule has 0 saturated carbocycles. The van der Waals surface area contributed by atoms with Gasteiger partial charge in [-0.15, -0.1) is 0 Å². The molecule has 0 aliphatic carbocycles. The molecule has 0 unspecified atom stereocenters. The van der Waals surface area contributed by atoms with Crippen molar-refractivity contribution in [1.29, 1.82) is 0 Å². The maximum atomic E-state index is 13.1. The summed E-state index contributed by atoms with van der Waals surface area (Å²) in [7, 11) is 0. The predicted octanol–water partition coefficient (Wildman–Crippen LogP) is 0.747. The number of carbonyl (C=O) groups excluding carboxylic acids is 2. The molecule has 2 aliphatic rings. The van der Waals surface area contributed by atoms with E-state index >= 15 is 0 Å². The van der Waals surface area contributed by atoms with Crippen molar-refractivity contribution in [2.24, 2.45) is 0 Å². The van der Waals surface area contributed by atoms with E-state index < -0.39 is 6.10 Å². The smallest absolute Gasteiger partial charge is 0.255 e. The van der Waals surface area contributed by atoms with E-state index in [9.17, 15) is 14.7 Å². The van der Waals surface area contributed by atoms with Crippen molar-refractivity contribution < 1.29 is 24.2 Å². The third kappa shape index (κ3) is 5.27. The lowest BCUT2D eigenvalue weighted by atomic mass is 9.94. The Morgan fingerprint density at radius 3 is 2.96 bits per heavy atom. The molecule has 2 amide bonds. The van der Waals surface area contributed by atoms with Crippen molar-refractivity contribution in [2.45, 2.75) is 57.0 Å². The minimum Gasteiger partial charge on any atom is -0.389 e. The molecule has 28 heavy (non-hydrogen) atoms. The number of aromatic nitrogens is 1. The summed E-state index contributed by atoms with van der Waals surface area (Å²) in [6.45, 7) is 3.28. The van der Waals surface area contributed by atoms with Gasteiger partial charge in [0.05, 0.1) is 43.4 Å². The molecule has 8 nitrogen and oxygen atoms in total. The zero-order chi connectivity index (χ0) is 19.9. The Kier molecular flexibility index (Phi) is 7.36. The van der Waals surface area contributed by atoms with Gasteiger partial charge in [0.15, 0.2) is 0 Å². The summed E-state index contributed by atoms with van der Waals surface area (Å²) in [5.74, 6) is -0.192. The van der Waals surface area contributed by atoms with E-state index in [1.165, 1.54) is 6.20 Å². The Labute approximate surface area is 165 Å². The average Bonchev–Trinajstić information content (AvgIpc) is 2.70. The number of ether oxygens (including phenoxy) is 2. The molecule has 2 N–H and O–H groups in total. The topological polar surface area (TPSA) is 101 Å². The lowest BCUT2D eigenvalue weighted by molar-refractivity contribution is -0.150. The zero-order valence-corrected chi connectivity index (χ0v) is 16.3. The molecule has 0 bridgehead atoms. The summed E-state index contributed by atoms with van der Waals surface area (Å²) in [4.78, 5) is 30.8. The molecule has 0 aromatic carbocycles. The van der Waals surface area contributed by atoms with Crippen LogP contribution in [-0.4, -0.2) is 77.5 Å². The van der Waals surface area contributed by atoms with Crippen LogP contribution in [0.5, 0.6) is 0 Å². The maximum Gasteiger partial charge on any atom is 0.255 e. The van der Waals surface area contributed by atoms with Crippen LogP contribution in [0.2, 0.25) is 0 Å². The van der Waals surface area contributed by atoms with Crippen molar-refractivity contribution >= 4 is 11.8 Å². The zero-order valence-electron chi connectivity index (χ0n) is 16.3. The average molecular weight is 391 g/mol. The summed E-state index contributed by atoms with van der Waals surface area (Å²) in [6.07, 6.45) is 4.45. The van der Waals surface area contributed by atoms with E-state index in [4.69, 9.17) is 9.47 Å². The van der Waals surface area contributed by atoms with Gasteiger partial charge in [-0.2, -0.15) is 0 Å². The van der Waals surface area contributed by atoms with Crippen LogP contribution in [0.25, 0.3) is 0 Å². The first-order chi connectivity index (χ1) is 13.6. The molecule has 3 heterocycles. The molecule has 2 aliphatic heterocycles. The molecular weight excluding hydrogens is 362 g/mol. The number of amides is 2. The van der Waals surface area contributed by atoms with Gasteiger partial charge in [0, 0.05) is 25.5 Å². The van der Waals surface area contributed by atoms with E-state index in [1.54, 1.807) is 23.2 Å². The highest BCUT2D eigenvalue weighted by molar-refractivity contribution is 5.94. The normalized spacial score (nSPS) is 28.0. The number of carbonyl (C=O) groups is 2. The van der Waals surface area contributed by atoms with Crippen molar-refractivity contribution in [2.75, 3.05) is 26.3 Å². The molecule has 8 heteroatoms. The van der Waals surface area contributed by atoms with Crippen molar-refractivity contribution in [1.82, 2.24) is 15.2 Å². The Morgan fingerprint density at radius 1 is 1.36 bits per heavy atom. The first-order valence-electron chi connectivity index (χ1n) is 9.97. The molecule has 154 valence electrons. The Bertz CT molecular complexity index is 657. The van der Waals surface area contributed by atoms with Gasteiger partial charge in [-0.05, 0) is 31.4 Å². The van der Waals surface area contributed by atoms with Gasteiger partial charge >= 0.3 is 0 Å². The van der Waals surface area contributed by atoms with Crippen LogP contribution < -0.4 is 5.32 Å². The third-order valence-electron chi connectivity index (χ3n) is 5.14. The van der Waals surface area contributed by atoms with Gasteiger partial charge in [0.25, 0.3) is 5.91 Å². The highest BCUT2D eigenvalue weighted by Crippen LogP contribution is 2.28. The molecule has 1 aromatic heterocycles. The fourth-order valence-corrected chi connectivity index (χ4v) is 3.77. The predicted molar refractivity (Wildman–Crippen MR) is 102 cm³/mol. The molecule has 0 radical (unpaired) electrons. The largest absolute Gasteiger partial charge is 0.389 e. The molecule has 4 atom stereocenters. The van der Waals surface area contributed by atoms with Crippen molar-refractivity contribution in [3.63, 3.8) is 0 Å². The quantitative estimate of drug-likeness (QED) is 0.768. The number of nitrogens with zero attached hydrogens (tertiary/aromatic N) is 2. The molecule has 2 fully saturated rings. The minimum absolute atomic E-state index is 0.0178. The van der Waals surface area contributed by atoms with E-state index in [1.807, 2.05) is 6.92 Å². The van der Waals surface area contributed by atoms with Crippen molar-refractivity contribution in [3.05, 3.63) is 30.1 Å². The Balaban J connectivity index is 1.70. The number of aliphatic hydroxyl groups is 1. The number of β-amino-alcohol motifs (C(OH)–C–C–N with tert-alkyl or cyclic N) is 1. The van der Waals surface area contributed by atoms with E-state index in [0.29, 0.717) is 31.4 Å². The van der Waals surface area contributed by atoms with E-state index in [-0.39, 0.29) is 49.8 Å². The Morgan fingerprint density at radius 2 is 2.21 bits per heavy atom. The summed E-state index contributed by atoms with van der Waals surface area (Å²) in [6, 6.07) is 3.23. The van der Waals surface area contributed by atoms with Gasteiger partial charge in [0.2, 0.25) is 5.91 Å². The van der Waals surface area contributed by atoms with E-state index in [0.717, 1.165) is 6.42 Å². The van der Waals surface area contributed by atoms with Crippen LogP contribution >= 0.6 is 0 Å². The van der Waals surface area contributed by atoms with Crippen LogP contribution in [0.4, 0.5) is 0 Å². The summed E-state index contributed by atoms with van der Waals surface area (Å²) >= 11 is 0. The third-order valence-corrected chi connectivity index (χ3v) is 5.14. The van der Waals surface area contributed by atoms with Crippen LogP contribution in [0.3, 0.4) is 0 Å². The molecule has 0 spiro atoms. The number of rotatable bonds is 5. The van der Waals surface area contributed by atoms with Crippen LogP contribution in [0.15, 0.2) is 24.5 Å². The second-order valence-electron chi connectivity index (χ2n) is 7.39. The number of pyridine rings is 1. The van der Waals surface area contributed by atoms with Gasteiger partial charge in [0.1, 0.15) is 6.10 Å². The summed E-state index contributed by atoms with van der Waals surface area (Å²) in [5, 5.41) is 13.1. The fourth-order valence-electron chi connectivity index (χ4n) is 3.77. The molecular formula is C20H29N3O5. The van der Waals surface area contributed by atoms with Crippen LogP contribution in [0.1, 0.15) is 43.0 Å². The highest BCUT2D eigenvalue weighted by atomic mass is 16.5. The van der Waals surface area contributed by atoms with Crippen LogP contribution in [0, 0.1) is 0 Å². The second-order valence-corrected chi connectivity index (χ2v) is 7.39. The number of aliphatic hydroxyl groups excluding tert-OH is 1. The first-order valence-corrected chi connectivity index (χ1v) is 9.97. The number of fused-ring (bicyclic) bond motifs is 1. The van der Waals surface area contributed by atoms with Gasteiger partial charge in [-0.25, -0.2) is 0 Å². The summed E-state index contributed by atoms with van der Waals surface area (Å²) < 4.78 is 11.7.